The molecule has 0 atom stereocenters. The van der Waals surface area contributed by atoms with Gasteiger partial charge in [0.15, 0.2) is 0 Å². The van der Waals surface area contributed by atoms with Crippen LogP contribution in [0, 0.1) is 5.82 Å². The second kappa shape index (κ2) is 12.4. The second-order valence-electron chi connectivity index (χ2n) is 12.7. The van der Waals surface area contributed by atoms with Gasteiger partial charge in [0.2, 0.25) is 5.91 Å². The molecule has 3 aromatic heterocycles. The lowest BCUT2D eigenvalue weighted by Crippen LogP contribution is -2.26. The number of halogens is 1. The van der Waals surface area contributed by atoms with Crippen molar-refractivity contribution in [2.75, 3.05) is 11.9 Å². The van der Waals surface area contributed by atoms with Gasteiger partial charge in [-0.25, -0.2) is 9.18 Å². The number of aromatic nitrogens is 3. The number of carbonyl (C=O) groups excluding carboxylic acids is 2. The highest BCUT2D eigenvalue weighted by Gasteiger charge is 2.22. The third-order valence-corrected chi connectivity index (χ3v) is 9.19. The average Bonchev–Trinajstić information content (AvgIpc) is 3.69. The van der Waals surface area contributed by atoms with E-state index < -0.39 is 17.5 Å². The lowest BCUT2D eigenvalue weighted by Gasteiger charge is -2.19. The summed E-state index contributed by atoms with van der Waals surface area (Å²) in [5.74, 6) is -0.762. The number of ether oxygens (including phenoxy) is 1. The number of anilines is 1. The molecule has 10 heteroatoms. The van der Waals surface area contributed by atoms with Crippen LogP contribution in [0.1, 0.15) is 43.9 Å². The van der Waals surface area contributed by atoms with Crippen LogP contribution in [-0.4, -0.2) is 38.9 Å². The van der Waals surface area contributed by atoms with E-state index in [0.29, 0.717) is 28.9 Å². The normalized spacial score (nSPS) is 13.1. The van der Waals surface area contributed by atoms with Crippen LogP contribution >= 0.6 is 11.3 Å². The molecule has 0 radical (unpaired) electrons. The van der Waals surface area contributed by atoms with Gasteiger partial charge in [0, 0.05) is 41.1 Å². The largest absolute Gasteiger partial charge is 0.443 e. The zero-order valence-electron chi connectivity index (χ0n) is 26.4. The molecule has 6 aromatic rings. The van der Waals surface area contributed by atoms with Gasteiger partial charge < -0.3 is 15.4 Å². The van der Waals surface area contributed by atoms with Crippen LogP contribution in [0.25, 0.3) is 43.5 Å². The average molecular weight is 648 g/mol. The predicted molar refractivity (Wildman–Crippen MR) is 184 cm³/mol. The van der Waals surface area contributed by atoms with Gasteiger partial charge >= 0.3 is 6.09 Å². The van der Waals surface area contributed by atoms with Gasteiger partial charge in [0.1, 0.15) is 22.8 Å². The van der Waals surface area contributed by atoms with Crippen molar-refractivity contribution in [3.63, 3.8) is 0 Å². The Kier molecular flexibility index (Phi) is 8.07. The van der Waals surface area contributed by atoms with Crippen molar-refractivity contribution in [3.05, 3.63) is 101 Å². The van der Waals surface area contributed by atoms with Crippen molar-refractivity contribution in [2.45, 2.75) is 52.2 Å². The minimum atomic E-state index is -0.649. The third-order valence-electron chi connectivity index (χ3n) is 8.27. The molecule has 0 bridgehead atoms. The Labute approximate surface area is 275 Å². The predicted octanol–water partition coefficient (Wildman–Crippen LogP) is 8.12. The van der Waals surface area contributed by atoms with Gasteiger partial charge in [-0.1, -0.05) is 30.3 Å². The maximum absolute atomic E-state index is 14.6. The Bertz CT molecular complexity index is 2160. The summed E-state index contributed by atoms with van der Waals surface area (Å²) >= 11 is 1.54. The van der Waals surface area contributed by atoms with E-state index in [4.69, 9.17) is 4.74 Å². The van der Waals surface area contributed by atoms with Crippen LogP contribution in [0.2, 0.25) is 0 Å². The quantitative estimate of drug-likeness (QED) is 0.190. The lowest BCUT2D eigenvalue weighted by molar-refractivity contribution is -0.116. The number of nitrogens with zero attached hydrogens (tertiary/aromatic N) is 3. The van der Waals surface area contributed by atoms with Crippen molar-refractivity contribution in [1.82, 2.24) is 20.1 Å². The van der Waals surface area contributed by atoms with Crippen molar-refractivity contribution in [1.29, 1.82) is 0 Å². The van der Waals surface area contributed by atoms with Gasteiger partial charge in [0.05, 0.1) is 15.9 Å². The molecule has 8 nitrogen and oxygen atoms in total. The minimum Gasteiger partial charge on any atom is -0.443 e. The van der Waals surface area contributed by atoms with Crippen LogP contribution < -0.4 is 10.6 Å². The number of amides is 1. The first-order valence-corrected chi connectivity index (χ1v) is 16.5. The molecule has 0 aliphatic carbocycles. The molecule has 7 rings (SSSR count). The zero-order valence-corrected chi connectivity index (χ0v) is 27.2. The number of carbonyl (C=O) groups is 2. The summed E-state index contributed by atoms with van der Waals surface area (Å²) in [6.07, 6.45) is 2.69. The van der Waals surface area contributed by atoms with Crippen molar-refractivity contribution >= 4 is 50.0 Å². The number of benzene rings is 3. The van der Waals surface area contributed by atoms with E-state index in [1.165, 1.54) is 39.2 Å². The molecule has 2 N–H and O–H groups in total. The molecular formula is C37H34FN5O3S. The van der Waals surface area contributed by atoms with E-state index in [-0.39, 0.29) is 12.3 Å². The fourth-order valence-electron chi connectivity index (χ4n) is 6.09. The van der Waals surface area contributed by atoms with E-state index in [2.05, 4.69) is 39.0 Å². The number of para-hydroxylation sites is 1. The molecular weight excluding hydrogens is 614 g/mol. The van der Waals surface area contributed by atoms with Gasteiger partial charge in [-0.05, 0) is 98.6 Å². The summed E-state index contributed by atoms with van der Waals surface area (Å²) in [6.45, 7) is 7.27. The number of fused-ring (bicyclic) bond motifs is 3. The number of hydrogen-bond acceptors (Lipinski definition) is 7. The molecule has 0 saturated carbocycles. The summed E-state index contributed by atoms with van der Waals surface area (Å²) in [6, 6.07) is 20.3. The molecule has 1 aliphatic heterocycles. The van der Waals surface area contributed by atoms with Crippen LogP contribution in [-0.2, 0) is 28.9 Å². The lowest BCUT2D eigenvalue weighted by atomic mass is 9.96. The van der Waals surface area contributed by atoms with Crippen molar-refractivity contribution in [2.24, 2.45) is 0 Å². The van der Waals surface area contributed by atoms with E-state index in [9.17, 15) is 14.0 Å². The first-order chi connectivity index (χ1) is 22.6. The number of hydrogen-bond donors (Lipinski definition) is 2. The topological polar surface area (TPSA) is 98.1 Å². The minimum absolute atomic E-state index is 0.116. The van der Waals surface area contributed by atoms with Crippen LogP contribution in [0.5, 0.6) is 0 Å². The molecule has 1 aliphatic rings. The van der Waals surface area contributed by atoms with Crippen LogP contribution in [0.4, 0.5) is 14.9 Å². The van der Waals surface area contributed by atoms with Crippen LogP contribution in [0.3, 0.4) is 0 Å². The van der Waals surface area contributed by atoms with E-state index in [1.54, 1.807) is 12.3 Å². The molecule has 4 heterocycles. The Morgan fingerprint density at radius 1 is 1.00 bits per heavy atom. The molecule has 238 valence electrons. The molecule has 47 heavy (non-hydrogen) atoms. The van der Waals surface area contributed by atoms with E-state index >= 15 is 0 Å². The van der Waals surface area contributed by atoms with E-state index in [0.717, 1.165) is 51.8 Å². The summed E-state index contributed by atoms with van der Waals surface area (Å²) in [4.78, 5) is 26.3. The van der Waals surface area contributed by atoms with Crippen LogP contribution in [0.15, 0.2) is 78.3 Å². The highest BCUT2D eigenvalue weighted by molar-refractivity contribution is 7.17. The van der Waals surface area contributed by atoms with Crippen molar-refractivity contribution in [3.8, 4) is 22.5 Å². The van der Waals surface area contributed by atoms with E-state index in [1.807, 2.05) is 56.5 Å². The summed E-state index contributed by atoms with van der Waals surface area (Å²) in [5.41, 5.74) is 6.80. The van der Waals surface area contributed by atoms with Gasteiger partial charge in [-0.15, -0.1) is 21.5 Å². The number of nitrogens with one attached hydrogen (secondary N) is 2. The van der Waals surface area contributed by atoms with Gasteiger partial charge in [0.25, 0.3) is 0 Å². The molecule has 3 aromatic carbocycles. The number of aryl methyl sites for hydroxylation is 1. The molecule has 0 unspecified atom stereocenters. The monoisotopic (exact) mass is 647 g/mol. The third kappa shape index (κ3) is 6.26. The highest BCUT2D eigenvalue weighted by atomic mass is 32.1. The zero-order chi connectivity index (χ0) is 32.7. The fraction of sp³-hybridized carbons (Fsp3) is 0.243. The Morgan fingerprint density at radius 3 is 2.68 bits per heavy atom. The molecule has 1 amide bonds. The maximum Gasteiger partial charge on any atom is 0.419 e. The second-order valence-corrected chi connectivity index (χ2v) is 13.6. The molecule has 0 saturated heterocycles. The summed E-state index contributed by atoms with van der Waals surface area (Å²) < 4.78 is 22.6. The Hall–Kier alpha value is -4.93. The maximum atomic E-state index is 14.6. The fourth-order valence-corrected chi connectivity index (χ4v) is 6.99. The van der Waals surface area contributed by atoms with Gasteiger partial charge in [-0.3, -0.25) is 9.36 Å². The first kappa shape index (κ1) is 30.7. The number of rotatable bonds is 6. The smallest absolute Gasteiger partial charge is 0.419 e. The number of thiophene rings is 1. The van der Waals surface area contributed by atoms with Crippen molar-refractivity contribution < 1.29 is 18.7 Å². The SMILES string of the molecule is CC(C)(C)OC(=O)n1cc(CCC(=O)Nc2cc(F)ccc2-c2nnc(-c3ccc4c(c3)CCNC4)c3ccsc23)c2ccccc21. The Balaban J connectivity index is 1.15. The first-order valence-electron chi connectivity index (χ1n) is 15.6. The molecule has 0 spiro atoms. The summed E-state index contributed by atoms with van der Waals surface area (Å²) in [5, 5.41) is 19.4. The van der Waals surface area contributed by atoms with Gasteiger partial charge in [-0.2, -0.15) is 0 Å². The standard InChI is InChI=1S/C37H34FN5O3S/c1-37(2,3)46-36(45)43-21-25(27-6-4-5-7-31(27)43)10-13-32(44)40-30-19-26(38)11-12-28(30)34-35-29(15-17-47-35)33(41-42-34)23-8-9-24-20-39-16-14-22(24)18-23/h4-9,11-12,15,17-19,21,39H,10,13-14,16,20H2,1-3H3,(H,40,44). The Morgan fingerprint density at radius 2 is 1.83 bits per heavy atom. The molecule has 0 fully saturated rings. The summed E-state index contributed by atoms with van der Waals surface area (Å²) in [7, 11) is 0. The highest BCUT2D eigenvalue weighted by Crippen LogP contribution is 2.39.